The maximum absolute atomic E-state index is 6.06. The molecule has 0 aliphatic rings. The summed E-state index contributed by atoms with van der Waals surface area (Å²) in [5.74, 6) is 0.486. The van der Waals surface area contributed by atoms with Gasteiger partial charge in [-0.2, -0.15) is 0 Å². The fourth-order valence-electron chi connectivity index (χ4n) is 1.80. The van der Waals surface area contributed by atoms with Gasteiger partial charge in [0.1, 0.15) is 10.3 Å². The first-order chi connectivity index (χ1) is 9.16. The smallest absolute Gasteiger partial charge is 0.164 e. The standard InChI is InChI=1S/C13H6Cl2IN3/c14-11-9(16)12(15)19-13(18-11)8-5-1-3-7-4-2-6-17-10(7)8/h1-6H. The number of aromatic nitrogens is 3. The van der Waals surface area contributed by atoms with E-state index < -0.39 is 0 Å². The third kappa shape index (κ3) is 2.40. The summed E-state index contributed by atoms with van der Waals surface area (Å²) in [7, 11) is 0. The molecular formula is C13H6Cl2IN3. The Morgan fingerprint density at radius 3 is 2.37 bits per heavy atom. The van der Waals surface area contributed by atoms with Crippen molar-refractivity contribution in [1.82, 2.24) is 15.0 Å². The highest BCUT2D eigenvalue weighted by Crippen LogP contribution is 2.29. The molecule has 94 valence electrons. The molecule has 0 atom stereocenters. The zero-order valence-corrected chi connectivity index (χ0v) is 13.1. The van der Waals surface area contributed by atoms with Gasteiger partial charge in [0, 0.05) is 17.1 Å². The molecule has 0 radical (unpaired) electrons. The molecule has 0 saturated heterocycles. The maximum atomic E-state index is 6.06. The van der Waals surface area contributed by atoms with Gasteiger partial charge in [0.25, 0.3) is 0 Å². The SMILES string of the molecule is Clc1nc(-c2cccc3cccnc23)nc(Cl)c1I. The molecule has 2 heterocycles. The molecule has 0 amide bonds. The van der Waals surface area contributed by atoms with Gasteiger partial charge in [0.15, 0.2) is 5.82 Å². The van der Waals surface area contributed by atoms with Crippen LogP contribution in [0.4, 0.5) is 0 Å². The van der Waals surface area contributed by atoms with E-state index in [9.17, 15) is 0 Å². The highest BCUT2D eigenvalue weighted by molar-refractivity contribution is 14.1. The largest absolute Gasteiger partial charge is 0.255 e. The molecule has 0 fully saturated rings. The predicted octanol–water partition coefficient (Wildman–Crippen LogP) is 4.60. The Balaban J connectivity index is 2.31. The molecule has 3 aromatic rings. The van der Waals surface area contributed by atoms with Crippen molar-refractivity contribution in [3.05, 3.63) is 50.4 Å². The zero-order valence-electron chi connectivity index (χ0n) is 9.44. The first kappa shape index (κ1) is 13.0. The van der Waals surface area contributed by atoms with Crippen molar-refractivity contribution in [2.24, 2.45) is 0 Å². The van der Waals surface area contributed by atoms with E-state index in [0.717, 1.165) is 16.5 Å². The molecule has 3 rings (SSSR count). The van der Waals surface area contributed by atoms with E-state index in [1.807, 2.05) is 52.9 Å². The van der Waals surface area contributed by atoms with Crippen molar-refractivity contribution in [2.75, 3.05) is 0 Å². The first-order valence-electron chi connectivity index (χ1n) is 5.39. The van der Waals surface area contributed by atoms with Crippen LogP contribution < -0.4 is 0 Å². The maximum Gasteiger partial charge on any atom is 0.164 e. The molecule has 6 heteroatoms. The fourth-order valence-corrected chi connectivity index (χ4v) is 2.43. The Labute approximate surface area is 133 Å². The summed E-state index contributed by atoms with van der Waals surface area (Å²) >= 11 is 14.1. The highest BCUT2D eigenvalue weighted by atomic mass is 127. The van der Waals surface area contributed by atoms with E-state index in [1.165, 1.54) is 0 Å². The summed E-state index contributed by atoms with van der Waals surface area (Å²) < 4.78 is 0.651. The van der Waals surface area contributed by atoms with Crippen LogP contribution in [0, 0.1) is 3.57 Å². The monoisotopic (exact) mass is 401 g/mol. The van der Waals surface area contributed by atoms with Crippen LogP contribution >= 0.6 is 45.8 Å². The van der Waals surface area contributed by atoms with Crippen molar-refractivity contribution in [3.63, 3.8) is 0 Å². The third-order valence-electron chi connectivity index (χ3n) is 2.64. The molecule has 19 heavy (non-hydrogen) atoms. The quantitative estimate of drug-likeness (QED) is 0.441. The van der Waals surface area contributed by atoms with Crippen LogP contribution in [-0.4, -0.2) is 15.0 Å². The van der Waals surface area contributed by atoms with Crippen LogP contribution in [0.1, 0.15) is 0 Å². The number of pyridine rings is 1. The van der Waals surface area contributed by atoms with Gasteiger partial charge < -0.3 is 0 Å². The van der Waals surface area contributed by atoms with Gasteiger partial charge in [-0.1, -0.05) is 41.4 Å². The number of nitrogens with zero attached hydrogens (tertiary/aromatic N) is 3. The number of hydrogen-bond acceptors (Lipinski definition) is 3. The van der Waals surface area contributed by atoms with Crippen LogP contribution in [-0.2, 0) is 0 Å². The van der Waals surface area contributed by atoms with Crippen LogP contribution in [0.3, 0.4) is 0 Å². The minimum Gasteiger partial charge on any atom is -0.255 e. The summed E-state index contributed by atoms with van der Waals surface area (Å²) in [5.41, 5.74) is 1.65. The molecule has 0 aliphatic heterocycles. The molecule has 3 nitrogen and oxygen atoms in total. The van der Waals surface area contributed by atoms with Gasteiger partial charge in [-0.15, -0.1) is 0 Å². The average molecular weight is 402 g/mol. The van der Waals surface area contributed by atoms with E-state index in [2.05, 4.69) is 15.0 Å². The van der Waals surface area contributed by atoms with E-state index in [-0.39, 0.29) is 0 Å². The van der Waals surface area contributed by atoms with E-state index in [0.29, 0.717) is 19.7 Å². The lowest BCUT2D eigenvalue weighted by atomic mass is 10.1. The van der Waals surface area contributed by atoms with Crippen LogP contribution in [0.2, 0.25) is 10.3 Å². The summed E-state index contributed by atoms with van der Waals surface area (Å²) in [6.07, 6.45) is 1.74. The minimum atomic E-state index is 0.350. The Morgan fingerprint density at radius 1 is 0.947 bits per heavy atom. The molecule has 0 aliphatic carbocycles. The van der Waals surface area contributed by atoms with Crippen molar-refractivity contribution in [3.8, 4) is 11.4 Å². The number of halogens is 3. The molecule has 0 saturated carbocycles. The van der Waals surface area contributed by atoms with Crippen molar-refractivity contribution in [1.29, 1.82) is 0 Å². The molecule has 0 unspecified atom stereocenters. The number of benzene rings is 1. The highest BCUT2D eigenvalue weighted by Gasteiger charge is 2.13. The topological polar surface area (TPSA) is 38.7 Å². The van der Waals surface area contributed by atoms with Crippen LogP contribution in [0.5, 0.6) is 0 Å². The Hall–Kier alpha value is -0.980. The van der Waals surface area contributed by atoms with Crippen LogP contribution in [0.15, 0.2) is 36.5 Å². The van der Waals surface area contributed by atoms with Gasteiger partial charge in [0.2, 0.25) is 0 Å². The van der Waals surface area contributed by atoms with Crippen LogP contribution in [0.25, 0.3) is 22.3 Å². The second kappa shape index (κ2) is 5.19. The lowest BCUT2D eigenvalue weighted by Gasteiger charge is -2.06. The van der Waals surface area contributed by atoms with Gasteiger partial charge in [-0.3, -0.25) is 4.98 Å². The number of hydrogen-bond donors (Lipinski definition) is 0. The third-order valence-corrected chi connectivity index (χ3v) is 4.85. The van der Waals surface area contributed by atoms with Gasteiger partial charge in [0.05, 0.1) is 9.09 Å². The summed E-state index contributed by atoms with van der Waals surface area (Å²) in [4.78, 5) is 12.9. The molecule has 1 aromatic carbocycles. The minimum absolute atomic E-state index is 0.350. The lowest BCUT2D eigenvalue weighted by molar-refractivity contribution is 1.16. The predicted molar refractivity (Wildman–Crippen MR) is 85.5 cm³/mol. The molecule has 0 bridgehead atoms. The van der Waals surface area contributed by atoms with E-state index in [1.54, 1.807) is 6.20 Å². The molecule has 0 spiro atoms. The van der Waals surface area contributed by atoms with Crippen molar-refractivity contribution in [2.45, 2.75) is 0 Å². The Morgan fingerprint density at radius 2 is 1.63 bits per heavy atom. The van der Waals surface area contributed by atoms with Crippen molar-refractivity contribution >= 4 is 56.7 Å². The fraction of sp³-hybridized carbons (Fsp3) is 0. The normalized spacial score (nSPS) is 10.9. The molecule has 0 N–H and O–H groups in total. The number of para-hydroxylation sites is 1. The summed E-state index contributed by atoms with van der Waals surface area (Å²) in [6.45, 7) is 0. The summed E-state index contributed by atoms with van der Waals surface area (Å²) in [6, 6.07) is 9.71. The number of fused-ring (bicyclic) bond motifs is 1. The molecular weight excluding hydrogens is 396 g/mol. The Kier molecular flexibility index (Phi) is 3.56. The van der Waals surface area contributed by atoms with Gasteiger partial charge >= 0.3 is 0 Å². The average Bonchev–Trinajstić information content (AvgIpc) is 2.43. The van der Waals surface area contributed by atoms with E-state index >= 15 is 0 Å². The summed E-state index contributed by atoms with van der Waals surface area (Å²) in [5, 5.41) is 1.72. The zero-order chi connectivity index (χ0) is 13.4. The second-order valence-corrected chi connectivity index (χ2v) is 5.62. The number of rotatable bonds is 1. The van der Waals surface area contributed by atoms with Crippen molar-refractivity contribution < 1.29 is 0 Å². The first-order valence-corrected chi connectivity index (χ1v) is 7.23. The lowest BCUT2D eigenvalue weighted by Crippen LogP contribution is -1.95. The van der Waals surface area contributed by atoms with Gasteiger partial charge in [-0.25, -0.2) is 9.97 Å². The molecule has 2 aromatic heterocycles. The van der Waals surface area contributed by atoms with Gasteiger partial charge in [-0.05, 0) is 34.7 Å². The Bertz CT molecular complexity index is 748. The van der Waals surface area contributed by atoms with E-state index in [4.69, 9.17) is 23.2 Å². The second-order valence-electron chi connectivity index (χ2n) is 3.82.